The number of nitrogens with one attached hydrogen (secondary N) is 1. The Kier molecular flexibility index (Phi) is 4.21. The first kappa shape index (κ1) is 15.4. The lowest BCUT2D eigenvalue weighted by atomic mass is 9.86. The van der Waals surface area contributed by atoms with E-state index in [9.17, 15) is 14.7 Å². The van der Waals surface area contributed by atoms with Gasteiger partial charge in [0.1, 0.15) is 18.4 Å². The Morgan fingerprint density at radius 3 is 2.62 bits per heavy atom. The Morgan fingerprint density at radius 2 is 2.00 bits per heavy atom. The predicted molar refractivity (Wildman–Crippen MR) is 78.2 cm³/mol. The third-order valence-electron chi connectivity index (χ3n) is 3.65. The van der Waals surface area contributed by atoms with E-state index in [-0.39, 0.29) is 18.4 Å². The van der Waals surface area contributed by atoms with E-state index in [0.717, 1.165) is 11.3 Å². The molecule has 1 unspecified atom stereocenters. The summed E-state index contributed by atoms with van der Waals surface area (Å²) in [6.07, 6.45) is 0.568. The lowest BCUT2D eigenvalue weighted by molar-refractivity contribution is -0.145. The molecule has 1 aromatic carbocycles. The summed E-state index contributed by atoms with van der Waals surface area (Å²) in [6.45, 7) is 5.65. The van der Waals surface area contributed by atoms with Gasteiger partial charge in [0.05, 0.1) is 5.92 Å². The summed E-state index contributed by atoms with van der Waals surface area (Å²) in [5.74, 6) is -0.851. The largest absolute Gasteiger partial charge is 0.492 e. The van der Waals surface area contributed by atoms with Crippen LogP contribution in [-0.4, -0.2) is 29.6 Å². The lowest BCUT2D eigenvalue weighted by Crippen LogP contribution is -2.52. The van der Waals surface area contributed by atoms with Gasteiger partial charge in [-0.05, 0) is 23.5 Å². The number of aliphatic carboxylic acids is 1. The van der Waals surface area contributed by atoms with Gasteiger partial charge in [-0.15, -0.1) is 0 Å². The molecule has 21 heavy (non-hydrogen) atoms. The fraction of sp³-hybridized carbons (Fsp3) is 0.500. The summed E-state index contributed by atoms with van der Waals surface area (Å²) in [7, 11) is 0. The number of carbonyl (C=O) groups excluding carboxylic acids is 1. The molecule has 0 radical (unpaired) electrons. The van der Waals surface area contributed by atoms with Crippen LogP contribution in [0.1, 0.15) is 26.3 Å². The van der Waals surface area contributed by atoms with Crippen LogP contribution in [0.5, 0.6) is 5.75 Å². The third kappa shape index (κ3) is 3.54. The summed E-state index contributed by atoms with van der Waals surface area (Å²) < 4.78 is 5.58. The molecule has 1 amide bonds. The van der Waals surface area contributed by atoms with Crippen molar-refractivity contribution >= 4 is 11.9 Å². The average molecular weight is 291 g/mol. The van der Waals surface area contributed by atoms with Crippen LogP contribution in [0.2, 0.25) is 0 Å². The zero-order valence-electron chi connectivity index (χ0n) is 12.6. The summed E-state index contributed by atoms with van der Waals surface area (Å²) in [5.41, 5.74) is 0.432. The minimum atomic E-state index is -1.02. The van der Waals surface area contributed by atoms with Gasteiger partial charge in [-0.1, -0.05) is 39.0 Å². The van der Waals surface area contributed by atoms with Gasteiger partial charge >= 0.3 is 5.97 Å². The van der Waals surface area contributed by atoms with Crippen LogP contribution in [0.3, 0.4) is 0 Å². The SMILES string of the molecule is CC(C)(C)[C@H](NC(=O)C1COc2ccccc2C1)C(=O)O. The maximum Gasteiger partial charge on any atom is 0.326 e. The zero-order chi connectivity index (χ0) is 15.6. The second kappa shape index (κ2) is 5.76. The molecule has 114 valence electrons. The fourth-order valence-electron chi connectivity index (χ4n) is 2.41. The van der Waals surface area contributed by atoms with E-state index in [4.69, 9.17) is 4.74 Å². The molecule has 5 heteroatoms. The Labute approximate surface area is 124 Å². The van der Waals surface area contributed by atoms with Gasteiger partial charge in [-0.3, -0.25) is 4.79 Å². The number of hydrogen-bond acceptors (Lipinski definition) is 3. The highest BCUT2D eigenvalue weighted by Crippen LogP contribution is 2.27. The minimum Gasteiger partial charge on any atom is -0.492 e. The molecule has 0 fully saturated rings. The number of carbonyl (C=O) groups is 2. The molecule has 1 aliphatic heterocycles. The van der Waals surface area contributed by atoms with E-state index >= 15 is 0 Å². The van der Waals surface area contributed by atoms with E-state index in [2.05, 4.69) is 5.32 Å². The van der Waals surface area contributed by atoms with Crippen LogP contribution in [0.4, 0.5) is 0 Å². The first-order valence-corrected chi connectivity index (χ1v) is 7.03. The molecule has 2 N–H and O–H groups in total. The zero-order valence-corrected chi connectivity index (χ0v) is 12.6. The van der Waals surface area contributed by atoms with E-state index < -0.39 is 17.4 Å². The molecule has 2 rings (SSSR count). The van der Waals surface area contributed by atoms with Crippen molar-refractivity contribution in [3.8, 4) is 5.75 Å². The molecule has 2 atom stereocenters. The number of para-hydroxylation sites is 1. The normalized spacial score (nSPS) is 19.1. The fourth-order valence-corrected chi connectivity index (χ4v) is 2.41. The van der Waals surface area contributed by atoms with Crippen molar-refractivity contribution in [3.05, 3.63) is 29.8 Å². The highest BCUT2D eigenvalue weighted by molar-refractivity contribution is 5.86. The molecule has 1 aliphatic rings. The minimum absolute atomic E-state index is 0.271. The van der Waals surface area contributed by atoms with Crippen molar-refractivity contribution in [2.24, 2.45) is 11.3 Å². The molecule has 1 aromatic rings. The molecule has 1 heterocycles. The van der Waals surface area contributed by atoms with Gasteiger partial charge in [0.2, 0.25) is 5.91 Å². The smallest absolute Gasteiger partial charge is 0.326 e. The molecule has 0 aromatic heterocycles. The number of hydrogen-bond donors (Lipinski definition) is 2. The molecule has 0 bridgehead atoms. The number of carboxylic acid groups (broad SMARTS) is 1. The van der Waals surface area contributed by atoms with Gasteiger partial charge in [0, 0.05) is 0 Å². The third-order valence-corrected chi connectivity index (χ3v) is 3.65. The van der Waals surface area contributed by atoms with Crippen molar-refractivity contribution in [1.82, 2.24) is 5.32 Å². The predicted octanol–water partition coefficient (Wildman–Crippen LogP) is 1.85. The van der Waals surface area contributed by atoms with E-state index in [1.54, 1.807) is 20.8 Å². The second-order valence-electron chi connectivity index (χ2n) is 6.47. The molecule has 0 aliphatic carbocycles. The number of ether oxygens (including phenoxy) is 1. The van der Waals surface area contributed by atoms with Crippen LogP contribution in [0, 0.1) is 11.3 Å². The topological polar surface area (TPSA) is 75.6 Å². The summed E-state index contributed by atoms with van der Waals surface area (Å²) >= 11 is 0. The molecule has 0 saturated carbocycles. The van der Waals surface area contributed by atoms with Crippen molar-refractivity contribution in [2.75, 3.05) is 6.61 Å². The Balaban J connectivity index is 2.06. The number of amides is 1. The van der Waals surface area contributed by atoms with Crippen molar-refractivity contribution in [1.29, 1.82) is 0 Å². The van der Waals surface area contributed by atoms with Crippen LogP contribution >= 0.6 is 0 Å². The van der Waals surface area contributed by atoms with E-state index in [1.807, 2.05) is 24.3 Å². The van der Waals surface area contributed by atoms with Gasteiger partial charge in [-0.2, -0.15) is 0 Å². The highest BCUT2D eigenvalue weighted by atomic mass is 16.5. The first-order valence-electron chi connectivity index (χ1n) is 7.03. The maximum atomic E-state index is 12.3. The molecule has 0 spiro atoms. The molecule has 0 saturated heterocycles. The second-order valence-corrected chi connectivity index (χ2v) is 6.47. The van der Waals surface area contributed by atoms with Crippen LogP contribution in [0.25, 0.3) is 0 Å². The van der Waals surface area contributed by atoms with Crippen LogP contribution in [-0.2, 0) is 16.0 Å². The number of benzene rings is 1. The van der Waals surface area contributed by atoms with Crippen LogP contribution in [0.15, 0.2) is 24.3 Å². The lowest BCUT2D eigenvalue weighted by Gasteiger charge is -2.31. The Bertz CT molecular complexity index is 547. The van der Waals surface area contributed by atoms with Crippen molar-refractivity contribution in [2.45, 2.75) is 33.2 Å². The number of rotatable bonds is 3. The Morgan fingerprint density at radius 1 is 1.33 bits per heavy atom. The van der Waals surface area contributed by atoms with E-state index in [1.165, 1.54) is 0 Å². The summed E-state index contributed by atoms with van der Waals surface area (Å²) in [6, 6.07) is 6.67. The maximum absolute atomic E-state index is 12.3. The number of fused-ring (bicyclic) bond motifs is 1. The van der Waals surface area contributed by atoms with E-state index in [0.29, 0.717) is 6.42 Å². The highest BCUT2D eigenvalue weighted by Gasteiger charge is 2.35. The molecule has 5 nitrogen and oxygen atoms in total. The summed E-state index contributed by atoms with van der Waals surface area (Å²) in [4.78, 5) is 23.6. The Hall–Kier alpha value is -2.04. The van der Waals surface area contributed by atoms with Gasteiger partial charge < -0.3 is 15.2 Å². The van der Waals surface area contributed by atoms with Gasteiger partial charge in [0.15, 0.2) is 0 Å². The standard InChI is InChI=1S/C16H21NO4/c1-16(2,3)13(15(19)20)17-14(18)11-8-10-6-4-5-7-12(10)21-9-11/h4-7,11,13H,8-9H2,1-3H3,(H,17,18)(H,19,20)/t11?,13-/m1/s1. The van der Waals surface area contributed by atoms with Crippen molar-refractivity contribution < 1.29 is 19.4 Å². The first-order chi connectivity index (χ1) is 9.79. The monoisotopic (exact) mass is 291 g/mol. The summed E-state index contributed by atoms with van der Waals surface area (Å²) in [5, 5.41) is 11.9. The molecular weight excluding hydrogens is 270 g/mol. The quantitative estimate of drug-likeness (QED) is 0.891. The van der Waals surface area contributed by atoms with Crippen LogP contribution < -0.4 is 10.1 Å². The van der Waals surface area contributed by atoms with Gasteiger partial charge in [-0.25, -0.2) is 4.79 Å². The molecular formula is C16H21NO4. The average Bonchev–Trinajstić information content (AvgIpc) is 2.42. The number of carboxylic acids is 1. The van der Waals surface area contributed by atoms with Crippen molar-refractivity contribution in [3.63, 3.8) is 0 Å². The van der Waals surface area contributed by atoms with Gasteiger partial charge in [0.25, 0.3) is 0 Å².